The molecule has 2 aromatic carbocycles. The van der Waals surface area contributed by atoms with Gasteiger partial charge in [0.25, 0.3) is 5.91 Å². The van der Waals surface area contributed by atoms with Crippen LogP contribution in [0, 0.1) is 6.92 Å². The van der Waals surface area contributed by atoms with Crippen molar-refractivity contribution in [3.8, 4) is 17.2 Å². The van der Waals surface area contributed by atoms with Gasteiger partial charge in [0.1, 0.15) is 23.9 Å². The Hall–Kier alpha value is -2.69. The van der Waals surface area contributed by atoms with E-state index in [0.717, 1.165) is 11.3 Å². The first-order chi connectivity index (χ1) is 12.5. The molecule has 2 rings (SSSR count). The Balaban J connectivity index is 1.88. The van der Waals surface area contributed by atoms with Crippen LogP contribution >= 0.6 is 0 Å². The quantitative estimate of drug-likeness (QED) is 0.743. The van der Waals surface area contributed by atoms with E-state index in [1.165, 1.54) is 0 Å². The fourth-order valence-electron chi connectivity index (χ4n) is 2.47. The van der Waals surface area contributed by atoms with Crippen molar-refractivity contribution in [2.45, 2.75) is 39.3 Å². The molecule has 0 aliphatic heterocycles. The van der Waals surface area contributed by atoms with Gasteiger partial charge in [0.2, 0.25) is 0 Å². The van der Waals surface area contributed by atoms with Crippen LogP contribution in [0.1, 0.15) is 25.8 Å². The summed E-state index contributed by atoms with van der Waals surface area (Å²) >= 11 is 0. The number of ether oxygens (including phenoxy) is 3. The molecule has 0 bridgehead atoms. The highest BCUT2D eigenvalue weighted by Crippen LogP contribution is 2.21. The molecule has 1 N–H and O–H groups in total. The summed E-state index contributed by atoms with van der Waals surface area (Å²) in [5.74, 6) is 1.97. The van der Waals surface area contributed by atoms with Gasteiger partial charge in [-0.15, -0.1) is 0 Å². The Kier molecular flexibility index (Phi) is 7.33. The van der Waals surface area contributed by atoms with Crippen LogP contribution in [0.3, 0.4) is 0 Å². The SMILES string of the molecule is CC[C@@H](Oc1cccc(OC)c1)C(=O)N[C@H](C)COc1ccccc1C. The number of amides is 1. The maximum absolute atomic E-state index is 12.5. The lowest BCUT2D eigenvalue weighted by atomic mass is 10.2. The van der Waals surface area contributed by atoms with Crippen LogP contribution in [0.4, 0.5) is 0 Å². The Morgan fingerprint density at radius 2 is 1.85 bits per heavy atom. The molecule has 140 valence electrons. The molecule has 5 heteroatoms. The van der Waals surface area contributed by atoms with Gasteiger partial charge in [0, 0.05) is 6.07 Å². The minimum Gasteiger partial charge on any atom is -0.497 e. The number of carbonyl (C=O) groups excluding carboxylic acids is 1. The van der Waals surface area contributed by atoms with E-state index in [1.54, 1.807) is 13.2 Å². The highest BCUT2D eigenvalue weighted by Gasteiger charge is 2.20. The smallest absolute Gasteiger partial charge is 0.261 e. The predicted molar refractivity (Wildman–Crippen MR) is 102 cm³/mol. The second-order valence-corrected chi connectivity index (χ2v) is 6.18. The predicted octanol–water partition coefficient (Wildman–Crippen LogP) is 3.74. The monoisotopic (exact) mass is 357 g/mol. The number of aryl methyl sites for hydroxylation is 1. The molecule has 0 radical (unpaired) electrons. The second kappa shape index (κ2) is 9.70. The number of para-hydroxylation sites is 1. The molecule has 0 spiro atoms. The van der Waals surface area contributed by atoms with Crippen molar-refractivity contribution in [3.05, 3.63) is 54.1 Å². The first kappa shape index (κ1) is 19.6. The summed E-state index contributed by atoms with van der Waals surface area (Å²) in [5, 5.41) is 2.95. The lowest BCUT2D eigenvalue weighted by molar-refractivity contribution is -0.128. The molecule has 0 aliphatic rings. The van der Waals surface area contributed by atoms with E-state index in [4.69, 9.17) is 14.2 Å². The molecule has 26 heavy (non-hydrogen) atoms. The molecule has 0 saturated carbocycles. The zero-order chi connectivity index (χ0) is 18.9. The van der Waals surface area contributed by atoms with E-state index in [-0.39, 0.29) is 11.9 Å². The van der Waals surface area contributed by atoms with E-state index in [9.17, 15) is 4.79 Å². The van der Waals surface area contributed by atoms with Gasteiger partial charge in [-0.2, -0.15) is 0 Å². The van der Waals surface area contributed by atoms with Crippen LogP contribution in [0.25, 0.3) is 0 Å². The fraction of sp³-hybridized carbons (Fsp3) is 0.381. The molecule has 0 aromatic heterocycles. The number of hydrogen-bond donors (Lipinski definition) is 1. The van der Waals surface area contributed by atoms with Crippen LogP contribution in [-0.4, -0.2) is 31.8 Å². The number of carbonyl (C=O) groups is 1. The van der Waals surface area contributed by atoms with Gasteiger partial charge >= 0.3 is 0 Å². The minimum atomic E-state index is -0.567. The summed E-state index contributed by atoms with van der Waals surface area (Å²) in [6, 6.07) is 14.9. The second-order valence-electron chi connectivity index (χ2n) is 6.18. The highest BCUT2D eigenvalue weighted by atomic mass is 16.5. The standard InChI is InChI=1S/C21H27NO4/c1-5-19(26-18-11-8-10-17(13-18)24-4)21(23)22-16(3)14-25-20-12-7-6-9-15(20)2/h6-13,16,19H,5,14H2,1-4H3,(H,22,23)/t16-,19-/m1/s1. The lowest BCUT2D eigenvalue weighted by Gasteiger charge is -2.21. The summed E-state index contributed by atoms with van der Waals surface area (Å²) in [7, 11) is 1.60. The van der Waals surface area contributed by atoms with Gasteiger partial charge in [0.05, 0.1) is 13.2 Å². The molecule has 0 aliphatic carbocycles. The third-order valence-corrected chi connectivity index (χ3v) is 3.95. The van der Waals surface area contributed by atoms with Gasteiger partial charge in [-0.25, -0.2) is 0 Å². The van der Waals surface area contributed by atoms with Crippen molar-refractivity contribution in [3.63, 3.8) is 0 Å². The largest absolute Gasteiger partial charge is 0.497 e. The van der Waals surface area contributed by atoms with Crippen LogP contribution in [-0.2, 0) is 4.79 Å². The average Bonchev–Trinajstić information content (AvgIpc) is 2.65. The van der Waals surface area contributed by atoms with Gasteiger partial charge in [-0.05, 0) is 44.0 Å². The number of benzene rings is 2. The Morgan fingerprint density at radius 3 is 2.54 bits per heavy atom. The Morgan fingerprint density at radius 1 is 1.12 bits per heavy atom. The average molecular weight is 357 g/mol. The van der Waals surface area contributed by atoms with Gasteiger partial charge in [-0.3, -0.25) is 4.79 Å². The summed E-state index contributed by atoms with van der Waals surface area (Å²) in [6.07, 6.45) is -0.00275. The van der Waals surface area contributed by atoms with E-state index in [2.05, 4.69) is 5.32 Å². The van der Waals surface area contributed by atoms with Crippen molar-refractivity contribution in [2.24, 2.45) is 0 Å². The molecular weight excluding hydrogens is 330 g/mol. The summed E-state index contributed by atoms with van der Waals surface area (Å²) in [4.78, 5) is 12.5. The minimum absolute atomic E-state index is 0.134. The van der Waals surface area contributed by atoms with Gasteiger partial charge < -0.3 is 19.5 Å². The van der Waals surface area contributed by atoms with Crippen LogP contribution in [0.2, 0.25) is 0 Å². The maximum Gasteiger partial charge on any atom is 0.261 e. The molecule has 2 aromatic rings. The van der Waals surface area contributed by atoms with Gasteiger partial charge in [-0.1, -0.05) is 31.2 Å². The number of hydrogen-bond acceptors (Lipinski definition) is 4. The number of nitrogens with one attached hydrogen (secondary N) is 1. The molecule has 2 atom stereocenters. The Bertz CT molecular complexity index is 717. The Labute approximate surface area is 155 Å². The molecular formula is C21H27NO4. The molecule has 5 nitrogen and oxygen atoms in total. The van der Waals surface area contributed by atoms with E-state index >= 15 is 0 Å². The summed E-state index contributed by atoms with van der Waals surface area (Å²) < 4.78 is 16.8. The van der Waals surface area contributed by atoms with E-state index in [1.807, 2.05) is 63.2 Å². The fourth-order valence-corrected chi connectivity index (χ4v) is 2.47. The van der Waals surface area contributed by atoms with Crippen molar-refractivity contribution in [1.82, 2.24) is 5.32 Å². The van der Waals surface area contributed by atoms with Crippen molar-refractivity contribution < 1.29 is 19.0 Å². The van der Waals surface area contributed by atoms with Crippen molar-refractivity contribution >= 4 is 5.91 Å². The lowest BCUT2D eigenvalue weighted by Crippen LogP contribution is -2.44. The molecule has 0 saturated heterocycles. The van der Waals surface area contributed by atoms with Gasteiger partial charge in [0.15, 0.2) is 6.10 Å². The zero-order valence-corrected chi connectivity index (χ0v) is 15.8. The number of methoxy groups -OCH3 is 1. The first-order valence-corrected chi connectivity index (χ1v) is 8.83. The summed E-state index contributed by atoms with van der Waals surface area (Å²) in [5.41, 5.74) is 1.07. The molecule has 0 unspecified atom stereocenters. The molecule has 0 fully saturated rings. The van der Waals surface area contributed by atoms with Crippen LogP contribution in [0.5, 0.6) is 17.2 Å². The zero-order valence-electron chi connectivity index (χ0n) is 15.8. The third kappa shape index (κ3) is 5.69. The number of rotatable bonds is 9. The highest BCUT2D eigenvalue weighted by molar-refractivity contribution is 5.81. The summed E-state index contributed by atoms with van der Waals surface area (Å²) in [6.45, 7) is 6.22. The van der Waals surface area contributed by atoms with Crippen LogP contribution in [0.15, 0.2) is 48.5 Å². The van der Waals surface area contributed by atoms with Crippen molar-refractivity contribution in [2.75, 3.05) is 13.7 Å². The van der Waals surface area contributed by atoms with E-state index < -0.39 is 6.10 Å². The molecule has 1 amide bonds. The maximum atomic E-state index is 12.5. The van der Waals surface area contributed by atoms with E-state index in [0.29, 0.717) is 24.5 Å². The van der Waals surface area contributed by atoms with Crippen molar-refractivity contribution in [1.29, 1.82) is 0 Å². The molecule has 0 heterocycles. The normalized spacial score (nSPS) is 12.8. The third-order valence-electron chi connectivity index (χ3n) is 3.95. The first-order valence-electron chi connectivity index (χ1n) is 8.83. The van der Waals surface area contributed by atoms with Crippen LogP contribution < -0.4 is 19.5 Å². The topological polar surface area (TPSA) is 56.8 Å².